The zero-order chi connectivity index (χ0) is 16.0. The van der Waals surface area contributed by atoms with Gasteiger partial charge < -0.3 is 15.4 Å². The van der Waals surface area contributed by atoms with Crippen molar-refractivity contribution >= 4 is 17.7 Å². The zero-order valence-corrected chi connectivity index (χ0v) is 14.8. The van der Waals surface area contributed by atoms with Gasteiger partial charge in [-0.15, -0.1) is 0 Å². The second kappa shape index (κ2) is 12.2. The van der Waals surface area contributed by atoms with Crippen molar-refractivity contribution < 1.29 is 4.74 Å². The lowest BCUT2D eigenvalue weighted by atomic mass is 10.1. The Morgan fingerprint density at radius 3 is 2.86 bits per heavy atom. The lowest BCUT2D eigenvalue weighted by Gasteiger charge is -2.12. The molecule has 0 aromatic heterocycles. The minimum absolute atomic E-state index is 0.772. The fourth-order valence-electron chi connectivity index (χ4n) is 1.93. The van der Waals surface area contributed by atoms with Gasteiger partial charge >= 0.3 is 0 Å². The molecule has 22 heavy (non-hydrogen) atoms. The molecule has 0 saturated carbocycles. The summed E-state index contributed by atoms with van der Waals surface area (Å²) >= 11 is 1.81. The van der Waals surface area contributed by atoms with Crippen molar-refractivity contribution in [1.29, 1.82) is 0 Å². The first-order valence-corrected chi connectivity index (χ1v) is 9.42. The average molecular weight is 324 g/mol. The van der Waals surface area contributed by atoms with Crippen LogP contribution in [-0.4, -0.2) is 44.2 Å². The average Bonchev–Trinajstić information content (AvgIpc) is 2.53. The zero-order valence-electron chi connectivity index (χ0n) is 14.0. The second-order valence-corrected chi connectivity index (χ2v) is 5.91. The maximum absolute atomic E-state index is 5.67. The molecule has 0 fully saturated rings. The van der Waals surface area contributed by atoms with Crippen LogP contribution in [0.25, 0.3) is 0 Å². The lowest BCUT2D eigenvalue weighted by molar-refractivity contribution is 0.317. The van der Waals surface area contributed by atoms with Crippen LogP contribution in [0.3, 0.4) is 0 Å². The van der Waals surface area contributed by atoms with Gasteiger partial charge in [0.05, 0.1) is 13.2 Å². The van der Waals surface area contributed by atoms with Gasteiger partial charge in [0, 0.05) is 18.8 Å². The van der Waals surface area contributed by atoms with Gasteiger partial charge in [-0.25, -0.2) is 0 Å². The molecule has 0 amide bonds. The molecule has 1 aromatic rings. The Morgan fingerprint density at radius 2 is 2.14 bits per heavy atom. The van der Waals surface area contributed by atoms with Crippen LogP contribution in [0.4, 0.5) is 0 Å². The van der Waals surface area contributed by atoms with E-state index in [4.69, 9.17) is 4.74 Å². The molecule has 0 heterocycles. The molecule has 0 aliphatic carbocycles. The Bertz CT molecular complexity index is 438. The summed E-state index contributed by atoms with van der Waals surface area (Å²) in [5.41, 5.74) is 1.28. The molecule has 0 aliphatic heterocycles. The molecule has 0 bridgehead atoms. The van der Waals surface area contributed by atoms with Gasteiger partial charge in [0.25, 0.3) is 0 Å². The van der Waals surface area contributed by atoms with E-state index in [9.17, 15) is 0 Å². The molecule has 0 unspecified atom stereocenters. The fraction of sp³-hybridized carbons (Fsp3) is 0.588. The van der Waals surface area contributed by atoms with Crippen LogP contribution < -0.4 is 15.4 Å². The monoisotopic (exact) mass is 323 g/mol. The van der Waals surface area contributed by atoms with Gasteiger partial charge in [-0.1, -0.05) is 19.1 Å². The number of nitrogens with one attached hydrogen (secondary N) is 2. The van der Waals surface area contributed by atoms with Gasteiger partial charge in [-0.3, -0.25) is 4.99 Å². The van der Waals surface area contributed by atoms with Crippen LogP contribution in [-0.2, 0) is 6.42 Å². The highest BCUT2D eigenvalue weighted by Gasteiger charge is 1.99. The number of aliphatic imine (C=N–C) groups is 1. The summed E-state index contributed by atoms with van der Waals surface area (Å²) in [5, 5.41) is 6.65. The first-order chi connectivity index (χ1) is 10.8. The summed E-state index contributed by atoms with van der Waals surface area (Å²) in [6, 6.07) is 8.33. The maximum atomic E-state index is 5.67. The molecular formula is C17H29N3OS. The molecule has 4 nitrogen and oxygen atoms in total. The number of guanidine groups is 1. The lowest BCUT2D eigenvalue weighted by Crippen LogP contribution is -2.38. The Morgan fingerprint density at radius 1 is 1.27 bits per heavy atom. The van der Waals surface area contributed by atoms with Crippen LogP contribution in [0.2, 0.25) is 0 Å². The SMILES string of the molecule is CCCOc1cccc(CCNC(=NCCSC)NCC)c1. The van der Waals surface area contributed by atoms with Gasteiger partial charge in [-0.05, 0) is 43.7 Å². The quantitative estimate of drug-likeness (QED) is 0.395. The van der Waals surface area contributed by atoms with E-state index < -0.39 is 0 Å². The smallest absolute Gasteiger partial charge is 0.191 e. The van der Waals surface area contributed by atoms with Crippen molar-refractivity contribution in [2.75, 3.05) is 38.2 Å². The van der Waals surface area contributed by atoms with E-state index in [1.165, 1.54) is 5.56 Å². The molecule has 1 rings (SSSR count). The van der Waals surface area contributed by atoms with Gasteiger partial charge in [0.15, 0.2) is 5.96 Å². The molecule has 2 N–H and O–H groups in total. The van der Waals surface area contributed by atoms with E-state index >= 15 is 0 Å². The van der Waals surface area contributed by atoms with Crippen LogP contribution >= 0.6 is 11.8 Å². The topological polar surface area (TPSA) is 45.6 Å². The molecule has 0 aliphatic rings. The van der Waals surface area contributed by atoms with Gasteiger partial charge in [-0.2, -0.15) is 11.8 Å². The molecule has 124 valence electrons. The normalized spacial score (nSPS) is 11.3. The number of hydrogen-bond acceptors (Lipinski definition) is 3. The molecule has 0 atom stereocenters. The van der Waals surface area contributed by atoms with Crippen molar-refractivity contribution in [2.24, 2.45) is 4.99 Å². The minimum Gasteiger partial charge on any atom is -0.494 e. The van der Waals surface area contributed by atoms with Crippen LogP contribution in [0, 0.1) is 0 Å². The van der Waals surface area contributed by atoms with Gasteiger partial charge in [0.1, 0.15) is 5.75 Å². The predicted octanol–water partition coefficient (Wildman–Crippen LogP) is 2.94. The fourth-order valence-corrected chi connectivity index (χ4v) is 2.20. The summed E-state index contributed by atoms with van der Waals surface area (Å²) in [4.78, 5) is 4.54. The highest BCUT2D eigenvalue weighted by molar-refractivity contribution is 7.98. The Kier molecular flexibility index (Phi) is 10.4. The Hall–Kier alpha value is -1.36. The number of ether oxygens (including phenoxy) is 1. The minimum atomic E-state index is 0.772. The molecule has 0 spiro atoms. The third-order valence-corrected chi connectivity index (χ3v) is 3.58. The summed E-state index contributed by atoms with van der Waals surface area (Å²) < 4.78 is 5.67. The number of hydrogen-bond donors (Lipinski definition) is 2. The molecule has 5 heteroatoms. The molecule has 0 saturated heterocycles. The van der Waals surface area contributed by atoms with Crippen molar-refractivity contribution in [3.8, 4) is 5.75 Å². The van der Waals surface area contributed by atoms with E-state index in [1.807, 2.05) is 17.8 Å². The molecular weight excluding hydrogens is 294 g/mol. The second-order valence-electron chi connectivity index (χ2n) is 4.93. The molecule has 0 radical (unpaired) electrons. The van der Waals surface area contributed by atoms with Crippen molar-refractivity contribution in [2.45, 2.75) is 26.7 Å². The number of rotatable bonds is 10. The summed E-state index contributed by atoms with van der Waals surface area (Å²) in [6.07, 6.45) is 4.09. The highest BCUT2D eigenvalue weighted by atomic mass is 32.2. The van der Waals surface area contributed by atoms with Crippen molar-refractivity contribution in [3.05, 3.63) is 29.8 Å². The summed E-state index contributed by atoms with van der Waals surface area (Å²) in [7, 11) is 0. The molecule has 1 aromatic carbocycles. The van der Waals surface area contributed by atoms with E-state index in [2.05, 4.69) is 53.9 Å². The van der Waals surface area contributed by atoms with Crippen molar-refractivity contribution in [3.63, 3.8) is 0 Å². The van der Waals surface area contributed by atoms with E-state index in [1.54, 1.807) is 0 Å². The largest absolute Gasteiger partial charge is 0.494 e. The first-order valence-electron chi connectivity index (χ1n) is 8.03. The standard InChI is InChI=1S/C17H29N3OS/c1-4-12-21-16-8-6-7-15(14-16)9-10-19-17(18-5-2)20-11-13-22-3/h6-8,14H,4-5,9-13H2,1-3H3,(H2,18,19,20). The number of thioether (sulfide) groups is 1. The van der Waals surface area contributed by atoms with Crippen molar-refractivity contribution in [1.82, 2.24) is 10.6 Å². The van der Waals surface area contributed by atoms with Crippen LogP contribution in [0.5, 0.6) is 5.75 Å². The Balaban J connectivity index is 2.41. The number of benzene rings is 1. The third-order valence-electron chi connectivity index (χ3n) is 2.99. The third kappa shape index (κ3) is 8.17. The van der Waals surface area contributed by atoms with E-state index in [0.717, 1.165) is 56.5 Å². The summed E-state index contributed by atoms with van der Waals surface area (Å²) in [5.74, 6) is 2.91. The maximum Gasteiger partial charge on any atom is 0.191 e. The highest BCUT2D eigenvalue weighted by Crippen LogP contribution is 2.13. The predicted molar refractivity (Wildman–Crippen MR) is 98.3 cm³/mol. The van der Waals surface area contributed by atoms with E-state index in [0.29, 0.717) is 0 Å². The van der Waals surface area contributed by atoms with Gasteiger partial charge in [0.2, 0.25) is 0 Å². The van der Waals surface area contributed by atoms with Crippen LogP contribution in [0.1, 0.15) is 25.8 Å². The first kappa shape index (κ1) is 18.7. The number of nitrogens with zero attached hydrogens (tertiary/aromatic N) is 1. The Labute approximate surface area is 139 Å². The summed E-state index contributed by atoms with van der Waals surface area (Å²) in [6.45, 7) is 7.56. The van der Waals surface area contributed by atoms with Crippen LogP contribution in [0.15, 0.2) is 29.3 Å². The van der Waals surface area contributed by atoms with E-state index in [-0.39, 0.29) is 0 Å².